The van der Waals surface area contributed by atoms with Gasteiger partial charge in [0.2, 0.25) is 0 Å². The highest BCUT2D eigenvalue weighted by molar-refractivity contribution is 5.94. The van der Waals surface area contributed by atoms with Crippen molar-refractivity contribution < 1.29 is 14.3 Å². The molecule has 0 radical (unpaired) electrons. The number of rotatable bonds is 3. The van der Waals surface area contributed by atoms with Crippen molar-refractivity contribution in [3.05, 3.63) is 30.1 Å². The van der Waals surface area contributed by atoms with Crippen molar-refractivity contribution in [2.75, 3.05) is 7.11 Å². The molecule has 3 rings (SSSR count). The van der Waals surface area contributed by atoms with E-state index < -0.39 is 0 Å². The van der Waals surface area contributed by atoms with Gasteiger partial charge in [-0.1, -0.05) is 13.0 Å². The summed E-state index contributed by atoms with van der Waals surface area (Å²) in [6.07, 6.45) is 4.66. The number of nitrogens with zero attached hydrogens (tertiary/aromatic N) is 2. The second kappa shape index (κ2) is 5.13. The molecule has 0 spiro atoms. The zero-order valence-electron chi connectivity index (χ0n) is 12.4. The van der Waals surface area contributed by atoms with Crippen molar-refractivity contribution in [1.29, 1.82) is 0 Å². The van der Waals surface area contributed by atoms with Crippen LogP contribution >= 0.6 is 0 Å². The normalized spacial score (nSPS) is 30.5. The van der Waals surface area contributed by atoms with Crippen LogP contribution in [0.3, 0.4) is 0 Å². The average Bonchev–Trinajstić information content (AvgIpc) is 2.47. The van der Waals surface area contributed by atoms with Crippen LogP contribution in [0.15, 0.2) is 24.4 Å². The molecule has 3 unspecified atom stereocenters. The van der Waals surface area contributed by atoms with Crippen LogP contribution in [-0.4, -0.2) is 40.5 Å². The molecule has 1 aromatic rings. The second-order valence-electron chi connectivity index (χ2n) is 6.27. The predicted octanol–water partition coefficient (Wildman–Crippen LogP) is 2.03. The van der Waals surface area contributed by atoms with Crippen LogP contribution in [-0.2, 0) is 9.53 Å². The quantitative estimate of drug-likeness (QED) is 0.798. The number of amides is 1. The molecule has 2 bridgehead atoms. The third kappa shape index (κ3) is 2.30. The Bertz CT molecular complexity index is 560. The molecule has 1 aromatic heterocycles. The molecule has 0 N–H and O–H groups in total. The molecule has 5 nitrogen and oxygen atoms in total. The van der Waals surface area contributed by atoms with Crippen molar-refractivity contribution in [3.8, 4) is 0 Å². The molecule has 1 aliphatic carbocycles. The van der Waals surface area contributed by atoms with E-state index >= 15 is 0 Å². The highest BCUT2D eigenvalue weighted by atomic mass is 16.5. The number of hydrogen-bond donors (Lipinski definition) is 0. The topological polar surface area (TPSA) is 59.5 Å². The number of likely N-dealkylation sites (tertiary alicyclic amines) is 1. The van der Waals surface area contributed by atoms with Gasteiger partial charge in [0.1, 0.15) is 5.69 Å². The van der Waals surface area contributed by atoms with Crippen molar-refractivity contribution in [1.82, 2.24) is 9.88 Å². The zero-order valence-corrected chi connectivity index (χ0v) is 12.4. The number of hydrogen-bond acceptors (Lipinski definition) is 4. The van der Waals surface area contributed by atoms with Gasteiger partial charge in [-0.25, -0.2) is 0 Å². The summed E-state index contributed by atoms with van der Waals surface area (Å²) in [5.41, 5.74) is 0.0790. The summed E-state index contributed by atoms with van der Waals surface area (Å²) in [6, 6.07) is 5.56. The van der Waals surface area contributed by atoms with E-state index in [-0.39, 0.29) is 29.9 Å². The van der Waals surface area contributed by atoms with Gasteiger partial charge in [-0.3, -0.25) is 14.6 Å². The van der Waals surface area contributed by atoms with Gasteiger partial charge in [-0.15, -0.1) is 0 Å². The lowest BCUT2D eigenvalue weighted by Crippen LogP contribution is -2.72. The van der Waals surface area contributed by atoms with Crippen LogP contribution in [0.25, 0.3) is 0 Å². The summed E-state index contributed by atoms with van der Waals surface area (Å²) in [7, 11) is 1.40. The Kier molecular flexibility index (Phi) is 3.43. The Morgan fingerprint density at radius 2 is 2.24 bits per heavy atom. The number of carbonyl (C=O) groups is 2. The molecule has 1 saturated carbocycles. The molecule has 2 heterocycles. The molecule has 5 heteroatoms. The van der Waals surface area contributed by atoms with Gasteiger partial charge in [-0.05, 0) is 37.3 Å². The summed E-state index contributed by atoms with van der Waals surface area (Å²) in [5, 5.41) is 0. The number of pyridine rings is 1. The van der Waals surface area contributed by atoms with E-state index in [1.54, 1.807) is 18.3 Å². The first-order chi connectivity index (χ1) is 10.1. The molecule has 112 valence electrons. The molecule has 2 aliphatic rings. The number of aromatic nitrogens is 1. The number of methoxy groups -OCH3 is 1. The minimum atomic E-state index is -0.371. The average molecular weight is 288 g/mol. The second-order valence-corrected chi connectivity index (χ2v) is 6.27. The van der Waals surface area contributed by atoms with Crippen molar-refractivity contribution >= 4 is 11.9 Å². The number of ether oxygens (including phenoxy) is 1. The first kappa shape index (κ1) is 14.0. The van der Waals surface area contributed by atoms with Crippen molar-refractivity contribution in [2.45, 2.75) is 44.2 Å². The number of esters is 1. The smallest absolute Gasteiger partial charge is 0.307 e. The van der Waals surface area contributed by atoms with E-state index in [0.29, 0.717) is 11.6 Å². The lowest BCUT2D eigenvalue weighted by Gasteiger charge is -2.63. The number of piperidine rings is 1. The number of carbonyl (C=O) groups excluding carboxylic acids is 2. The van der Waals surface area contributed by atoms with Gasteiger partial charge >= 0.3 is 5.97 Å². The maximum atomic E-state index is 12.7. The maximum absolute atomic E-state index is 12.7. The Labute approximate surface area is 124 Å². The van der Waals surface area contributed by atoms with Crippen LogP contribution in [0.4, 0.5) is 0 Å². The molecule has 1 aliphatic heterocycles. The van der Waals surface area contributed by atoms with Gasteiger partial charge in [-0.2, -0.15) is 0 Å². The Hall–Kier alpha value is -1.91. The molecular weight excluding hydrogens is 268 g/mol. The summed E-state index contributed by atoms with van der Waals surface area (Å²) in [5.74, 6) is 0.213. The fraction of sp³-hybridized carbons (Fsp3) is 0.562. The molecule has 1 saturated heterocycles. The summed E-state index contributed by atoms with van der Waals surface area (Å²) < 4.78 is 4.82. The SMILES string of the molecule is COC(=O)CC12CC(C)CC(C1)N2C(=O)c1ccccn1. The fourth-order valence-electron chi connectivity index (χ4n) is 4.03. The largest absolute Gasteiger partial charge is 0.469 e. The third-order valence-corrected chi connectivity index (χ3v) is 4.70. The van der Waals surface area contributed by atoms with Gasteiger partial charge < -0.3 is 9.64 Å². The first-order valence-electron chi connectivity index (χ1n) is 7.37. The molecule has 21 heavy (non-hydrogen) atoms. The predicted molar refractivity (Wildman–Crippen MR) is 76.6 cm³/mol. The lowest BCUT2D eigenvalue weighted by molar-refractivity contribution is -0.154. The molecular formula is C16H20N2O3. The maximum Gasteiger partial charge on any atom is 0.307 e. The molecule has 1 amide bonds. The zero-order chi connectivity index (χ0) is 15.0. The van der Waals surface area contributed by atoms with Gasteiger partial charge in [0.25, 0.3) is 5.91 Å². The summed E-state index contributed by atoms with van der Waals surface area (Å²) in [4.78, 5) is 30.5. The summed E-state index contributed by atoms with van der Waals surface area (Å²) >= 11 is 0. The lowest BCUT2D eigenvalue weighted by atomic mass is 9.62. The van der Waals surface area contributed by atoms with E-state index in [4.69, 9.17) is 4.74 Å². The monoisotopic (exact) mass is 288 g/mol. The van der Waals surface area contributed by atoms with Crippen LogP contribution in [0.1, 0.15) is 43.1 Å². The van der Waals surface area contributed by atoms with Crippen LogP contribution in [0.5, 0.6) is 0 Å². The van der Waals surface area contributed by atoms with Crippen molar-refractivity contribution in [2.24, 2.45) is 5.92 Å². The minimum absolute atomic E-state index is 0.0670. The van der Waals surface area contributed by atoms with E-state index in [9.17, 15) is 9.59 Å². The summed E-state index contributed by atoms with van der Waals surface area (Å²) in [6.45, 7) is 2.18. The highest BCUT2D eigenvalue weighted by Crippen LogP contribution is 2.52. The fourth-order valence-corrected chi connectivity index (χ4v) is 4.03. The Morgan fingerprint density at radius 1 is 1.43 bits per heavy atom. The van der Waals surface area contributed by atoms with Crippen LogP contribution < -0.4 is 0 Å². The standard InChI is InChI=1S/C16H20N2O3/c1-11-7-12-9-16(8-11,10-14(19)21-2)18(12)15(20)13-5-3-4-6-17-13/h3-6,11-12H,7-10H2,1-2H3. The number of fused-ring (bicyclic) bond motifs is 2. The van der Waals surface area contributed by atoms with Crippen LogP contribution in [0.2, 0.25) is 0 Å². The minimum Gasteiger partial charge on any atom is -0.469 e. The molecule has 0 aromatic carbocycles. The van der Waals surface area contributed by atoms with Gasteiger partial charge in [0, 0.05) is 12.2 Å². The van der Waals surface area contributed by atoms with Crippen molar-refractivity contribution in [3.63, 3.8) is 0 Å². The highest BCUT2D eigenvalue weighted by Gasteiger charge is 2.59. The molecule has 3 atom stereocenters. The van der Waals surface area contributed by atoms with E-state index in [1.807, 2.05) is 11.0 Å². The van der Waals surface area contributed by atoms with Gasteiger partial charge in [0.15, 0.2) is 0 Å². The first-order valence-corrected chi connectivity index (χ1v) is 7.37. The van der Waals surface area contributed by atoms with E-state index in [1.165, 1.54) is 7.11 Å². The van der Waals surface area contributed by atoms with E-state index in [2.05, 4.69) is 11.9 Å². The molecule has 2 fully saturated rings. The third-order valence-electron chi connectivity index (χ3n) is 4.70. The van der Waals surface area contributed by atoms with E-state index in [0.717, 1.165) is 19.3 Å². The Morgan fingerprint density at radius 3 is 2.90 bits per heavy atom. The Balaban J connectivity index is 1.86. The van der Waals surface area contributed by atoms with Crippen LogP contribution in [0, 0.1) is 5.92 Å². The van der Waals surface area contributed by atoms with Gasteiger partial charge in [0.05, 0.1) is 19.1 Å².